The molecule has 2 heterocycles. The Kier molecular flexibility index (Phi) is 7.23. The number of fused-ring (bicyclic) bond motifs is 2. The second-order valence-electron chi connectivity index (χ2n) is 10.8. The average Bonchev–Trinajstić information content (AvgIpc) is 3.33. The van der Waals surface area contributed by atoms with E-state index in [1.807, 2.05) is 11.8 Å². The van der Waals surface area contributed by atoms with E-state index in [0.29, 0.717) is 14.5 Å². The third-order valence-electron chi connectivity index (χ3n) is 7.00. The molecule has 4 heteroatoms. The number of benzene rings is 2. The molecule has 0 amide bonds. The minimum absolute atomic E-state index is 0.262. The number of nitrogens with zero attached hydrogens (tertiary/aromatic N) is 2. The summed E-state index contributed by atoms with van der Waals surface area (Å²) in [6.07, 6.45) is 14.1. The van der Waals surface area contributed by atoms with Crippen molar-refractivity contribution in [1.82, 2.24) is 0 Å². The van der Waals surface area contributed by atoms with Crippen LogP contribution in [0.3, 0.4) is 0 Å². The number of rotatable bonds is 5. The van der Waals surface area contributed by atoms with Crippen molar-refractivity contribution < 1.29 is 4.57 Å². The van der Waals surface area contributed by atoms with Gasteiger partial charge in [0.25, 0.3) is 0 Å². The van der Waals surface area contributed by atoms with Crippen LogP contribution < -0.4 is 9.47 Å². The monoisotopic (exact) mass is 561 g/mol. The number of hydrogen-bond acceptors (Lipinski definition) is 2. The van der Waals surface area contributed by atoms with Gasteiger partial charge in [-0.2, -0.15) is 0 Å². The Bertz CT molecular complexity index is 1430. The van der Waals surface area contributed by atoms with Crippen LogP contribution >= 0.6 is 11.8 Å². The first-order valence-corrected chi connectivity index (χ1v) is 15.6. The molecule has 0 unspecified atom stereocenters. The van der Waals surface area contributed by atoms with E-state index in [1.165, 1.54) is 52.2 Å². The molecule has 5 rings (SSSR count). The van der Waals surface area contributed by atoms with E-state index in [1.54, 1.807) is 0 Å². The van der Waals surface area contributed by atoms with Crippen LogP contribution in [0.1, 0.15) is 56.2 Å². The Morgan fingerprint density at radius 1 is 1.06 bits per heavy atom. The van der Waals surface area contributed by atoms with Crippen LogP contribution in [0.5, 0.6) is 0 Å². The summed E-state index contributed by atoms with van der Waals surface area (Å²) in [5.74, 6) is 0. The van der Waals surface area contributed by atoms with Gasteiger partial charge in [-0.15, -0.1) is 0 Å². The van der Waals surface area contributed by atoms with E-state index in [4.69, 9.17) is 0 Å². The maximum absolute atomic E-state index is 2.49. The van der Waals surface area contributed by atoms with E-state index >= 15 is 0 Å². The molecule has 0 saturated carbocycles. The SMILES string of the molecule is CCN1/C(=C/C2=CC(=C/C=C/c3[se]c4ccc(C)cc4[n+]3CC)/CC(C)(C)C2)Sc2ccc(C)cc21. The molecule has 0 radical (unpaired) electrons. The van der Waals surface area contributed by atoms with Crippen molar-refractivity contribution in [3.8, 4) is 0 Å². The number of hydrogen-bond donors (Lipinski definition) is 0. The van der Waals surface area contributed by atoms with Gasteiger partial charge in [-0.25, -0.2) is 0 Å². The zero-order chi connectivity index (χ0) is 25.4. The van der Waals surface area contributed by atoms with Gasteiger partial charge >= 0.3 is 209 Å². The fourth-order valence-electron chi connectivity index (χ4n) is 5.43. The standard InChI is InChI=1S/C32H37N2SSe/c1-7-33-26-16-22(3)12-14-28(26)35-30(33)19-25-18-24(20-32(5,6)21-25)10-9-11-31-34(8-2)27-17-23(4)13-15-29(27)36-31/h9-19H,7-8,20-21H2,1-6H3/q+1. The van der Waals surface area contributed by atoms with Gasteiger partial charge in [0.15, 0.2) is 0 Å². The summed E-state index contributed by atoms with van der Waals surface area (Å²) < 4.78 is 5.45. The summed E-state index contributed by atoms with van der Waals surface area (Å²) in [5.41, 5.74) is 8.55. The normalized spacial score (nSPS) is 19.6. The van der Waals surface area contributed by atoms with Gasteiger partial charge in [0.05, 0.1) is 0 Å². The zero-order valence-corrected chi connectivity index (χ0v) is 24.9. The molecule has 2 nitrogen and oxygen atoms in total. The second kappa shape index (κ2) is 10.2. The van der Waals surface area contributed by atoms with Crippen molar-refractivity contribution in [2.45, 2.75) is 65.8 Å². The predicted octanol–water partition coefficient (Wildman–Crippen LogP) is 7.98. The van der Waals surface area contributed by atoms with Crippen LogP contribution in [0.4, 0.5) is 5.69 Å². The summed E-state index contributed by atoms with van der Waals surface area (Å²) >= 11 is 2.29. The molecule has 0 N–H and O–H groups in total. The van der Waals surface area contributed by atoms with Gasteiger partial charge in [0.2, 0.25) is 0 Å². The van der Waals surface area contributed by atoms with E-state index in [9.17, 15) is 0 Å². The first-order valence-electron chi connectivity index (χ1n) is 13.0. The first-order chi connectivity index (χ1) is 17.3. The first kappa shape index (κ1) is 25.4. The maximum atomic E-state index is 2.49. The fourth-order valence-corrected chi connectivity index (χ4v) is 8.96. The number of aromatic nitrogens is 1. The van der Waals surface area contributed by atoms with Crippen LogP contribution in [-0.2, 0) is 6.54 Å². The summed E-state index contributed by atoms with van der Waals surface area (Å²) in [6.45, 7) is 15.7. The molecule has 2 aliphatic rings. The molecule has 186 valence electrons. The fraction of sp³-hybridized carbons (Fsp3) is 0.344. The summed E-state index contributed by atoms with van der Waals surface area (Å²) in [5, 5.41) is 1.35. The molecule has 0 saturated heterocycles. The molecular weight excluding hydrogens is 523 g/mol. The van der Waals surface area contributed by atoms with Gasteiger partial charge in [-0.3, -0.25) is 0 Å². The van der Waals surface area contributed by atoms with Crippen LogP contribution in [0.2, 0.25) is 0 Å². The molecule has 2 aromatic carbocycles. The molecular formula is C32H37N2SSe+. The van der Waals surface area contributed by atoms with E-state index in [0.717, 1.165) is 25.9 Å². The van der Waals surface area contributed by atoms with Crippen molar-refractivity contribution in [1.29, 1.82) is 0 Å². The summed E-state index contributed by atoms with van der Waals surface area (Å²) in [7, 11) is 0. The van der Waals surface area contributed by atoms with Crippen molar-refractivity contribution >= 4 is 47.8 Å². The van der Waals surface area contributed by atoms with Crippen LogP contribution in [-0.4, -0.2) is 21.0 Å². The Morgan fingerprint density at radius 2 is 1.83 bits per heavy atom. The van der Waals surface area contributed by atoms with Crippen molar-refractivity contribution in [2.75, 3.05) is 11.4 Å². The molecule has 0 fully saturated rings. The van der Waals surface area contributed by atoms with Gasteiger partial charge in [0.1, 0.15) is 0 Å². The number of thioether (sulfide) groups is 1. The Labute approximate surface area is 226 Å². The van der Waals surface area contributed by atoms with Crippen molar-refractivity contribution in [3.63, 3.8) is 0 Å². The molecule has 0 spiro atoms. The molecule has 3 aromatic rings. The van der Waals surface area contributed by atoms with E-state index in [2.05, 4.69) is 118 Å². The topological polar surface area (TPSA) is 7.12 Å². The molecule has 1 aliphatic carbocycles. The van der Waals surface area contributed by atoms with Gasteiger partial charge in [-0.05, 0) is 12.5 Å². The summed E-state index contributed by atoms with van der Waals surface area (Å²) in [4.78, 5) is 3.84. The van der Waals surface area contributed by atoms with Gasteiger partial charge in [-0.1, -0.05) is 6.07 Å². The van der Waals surface area contributed by atoms with Crippen LogP contribution in [0, 0.1) is 19.3 Å². The molecule has 36 heavy (non-hydrogen) atoms. The zero-order valence-electron chi connectivity index (χ0n) is 22.4. The minimum atomic E-state index is 0.262. The number of allylic oxidation sites excluding steroid dienone is 6. The Balaban J connectivity index is 1.44. The van der Waals surface area contributed by atoms with Crippen LogP contribution in [0.15, 0.2) is 81.8 Å². The number of aryl methyl sites for hydroxylation is 3. The summed E-state index contributed by atoms with van der Waals surface area (Å²) in [6, 6.07) is 13.7. The van der Waals surface area contributed by atoms with E-state index in [-0.39, 0.29) is 5.41 Å². The average molecular weight is 561 g/mol. The molecule has 0 bridgehead atoms. The molecule has 1 aromatic heterocycles. The quantitative estimate of drug-likeness (QED) is 0.231. The Morgan fingerprint density at radius 3 is 2.61 bits per heavy atom. The van der Waals surface area contributed by atoms with E-state index < -0.39 is 0 Å². The third-order valence-corrected chi connectivity index (χ3v) is 10.5. The number of anilines is 1. The molecule has 0 atom stereocenters. The van der Waals surface area contributed by atoms with Crippen molar-refractivity contribution in [2.24, 2.45) is 5.41 Å². The second-order valence-corrected chi connectivity index (χ2v) is 14.1. The van der Waals surface area contributed by atoms with Gasteiger partial charge < -0.3 is 0 Å². The Hall–Kier alpha value is -2.26. The predicted molar refractivity (Wildman–Crippen MR) is 158 cm³/mol. The van der Waals surface area contributed by atoms with Gasteiger partial charge in [0, 0.05) is 0 Å². The third kappa shape index (κ3) is 5.23. The molecule has 1 aliphatic heterocycles. The van der Waals surface area contributed by atoms with Crippen LogP contribution in [0.25, 0.3) is 15.9 Å². The van der Waals surface area contributed by atoms with Crippen molar-refractivity contribution in [3.05, 3.63) is 92.6 Å².